The topological polar surface area (TPSA) is 86.3 Å². The Labute approximate surface area is 209 Å². The van der Waals surface area contributed by atoms with E-state index >= 15 is 0 Å². The summed E-state index contributed by atoms with van der Waals surface area (Å²) in [5.41, 5.74) is -0.437. The van der Waals surface area contributed by atoms with E-state index in [0.717, 1.165) is 0 Å². The molecule has 2 amide bonds. The molecule has 1 N–H and O–H groups in total. The van der Waals surface area contributed by atoms with E-state index in [1.54, 1.807) is 37.8 Å². The van der Waals surface area contributed by atoms with Crippen LogP contribution >= 0.6 is 11.6 Å². The summed E-state index contributed by atoms with van der Waals surface area (Å²) in [7, 11) is 1.45. The first-order valence-corrected chi connectivity index (χ1v) is 11.6. The van der Waals surface area contributed by atoms with Gasteiger partial charge in [0.1, 0.15) is 34.8 Å². The summed E-state index contributed by atoms with van der Waals surface area (Å²) in [6.45, 7) is 6.01. The zero-order valence-electron chi connectivity index (χ0n) is 20.2. The maximum Gasteiger partial charge on any atom is 0.412 e. The molecule has 8 nitrogen and oxygen atoms in total. The fourth-order valence-corrected chi connectivity index (χ4v) is 3.72. The Bertz CT molecular complexity index is 1030. The number of anilines is 1. The Morgan fingerprint density at radius 2 is 1.77 bits per heavy atom. The summed E-state index contributed by atoms with van der Waals surface area (Å²) in [6.07, 6.45) is 0.542. The monoisotopic (exact) mass is 508 g/mol. The highest BCUT2D eigenvalue weighted by Crippen LogP contribution is 2.36. The van der Waals surface area contributed by atoms with E-state index in [0.29, 0.717) is 37.4 Å². The number of rotatable bonds is 7. The van der Waals surface area contributed by atoms with Gasteiger partial charge in [0.2, 0.25) is 0 Å². The van der Waals surface area contributed by atoms with Gasteiger partial charge in [-0.05, 0) is 51.1 Å². The van der Waals surface area contributed by atoms with E-state index < -0.39 is 11.7 Å². The largest absolute Gasteiger partial charge is 0.495 e. The zero-order valence-corrected chi connectivity index (χ0v) is 21.0. The lowest BCUT2D eigenvalue weighted by Gasteiger charge is -2.32. The van der Waals surface area contributed by atoms with Crippen molar-refractivity contribution in [2.45, 2.75) is 45.3 Å². The van der Waals surface area contributed by atoms with E-state index in [1.807, 2.05) is 0 Å². The van der Waals surface area contributed by atoms with Gasteiger partial charge in [0.25, 0.3) is 5.91 Å². The third-order valence-corrected chi connectivity index (χ3v) is 5.45. The van der Waals surface area contributed by atoms with Gasteiger partial charge < -0.3 is 23.8 Å². The minimum absolute atomic E-state index is 0.0596. The van der Waals surface area contributed by atoms with E-state index in [4.69, 9.17) is 30.5 Å². The van der Waals surface area contributed by atoms with E-state index in [1.165, 1.54) is 31.4 Å². The maximum atomic E-state index is 13.1. The number of carbonyl (C=O) groups is 2. The molecule has 2 aromatic carbocycles. The fraction of sp³-hybridized carbons (Fsp3) is 0.440. The Kier molecular flexibility index (Phi) is 8.67. The number of hydrogen-bond donors (Lipinski definition) is 1. The first kappa shape index (κ1) is 26.4. The van der Waals surface area contributed by atoms with Crippen LogP contribution in [0.2, 0.25) is 5.02 Å². The second kappa shape index (κ2) is 11.5. The molecule has 35 heavy (non-hydrogen) atoms. The number of nitrogens with zero attached hydrogens (tertiary/aromatic N) is 1. The number of methoxy groups -OCH3 is 1. The lowest BCUT2D eigenvalue weighted by atomic mass is 10.1. The Morgan fingerprint density at radius 3 is 2.37 bits per heavy atom. The summed E-state index contributed by atoms with van der Waals surface area (Å²) in [5, 5.41) is 2.87. The number of amides is 2. The van der Waals surface area contributed by atoms with Gasteiger partial charge in [-0.3, -0.25) is 10.1 Å². The Balaban J connectivity index is 1.57. The van der Waals surface area contributed by atoms with Crippen molar-refractivity contribution in [2.75, 3.05) is 32.1 Å². The molecule has 0 bridgehead atoms. The first-order valence-electron chi connectivity index (χ1n) is 11.2. The van der Waals surface area contributed by atoms with Crippen LogP contribution in [0.1, 0.15) is 33.6 Å². The predicted molar refractivity (Wildman–Crippen MR) is 130 cm³/mol. The molecule has 0 saturated carbocycles. The molecule has 1 aliphatic rings. The lowest BCUT2D eigenvalue weighted by molar-refractivity contribution is -0.135. The second-order valence-corrected chi connectivity index (χ2v) is 9.46. The molecule has 1 heterocycles. The van der Waals surface area contributed by atoms with Crippen LogP contribution in [0.15, 0.2) is 36.4 Å². The minimum atomic E-state index is -0.691. The van der Waals surface area contributed by atoms with Crippen molar-refractivity contribution in [3.8, 4) is 17.2 Å². The summed E-state index contributed by atoms with van der Waals surface area (Å²) < 4.78 is 35.2. The Hall–Kier alpha value is -3.20. The number of likely N-dealkylation sites (tertiary alicyclic amines) is 1. The molecule has 0 radical (unpaired) electrons. The number of benzene rings is 2. The van der Waals surface area contributed by atoms with Gasteiger partial charge in [-0.25, -0.2) is 9.18 Å². The molecule has 1 aliphatic heterocycles. The fourth-order valence-electron chi connectivity index (χ4n) is 3.48. The van der Waals surface area contributed by atoms with Gasteiger partial charge in [-0.1, -0.05) is 11.6 Å². The first-order chi connectivity index (χ1) is 16.5. The third-order valence-electron chi connectivity index (χ3n) is 5.15. The molecule has 0 aromatic heterocycles. The van der Waals surface area contributed by atoms with Crippen LogP contribution in [-0.4, -0.2) is 55.4 Å². The third kappa shape index (κ3) is 7.92. The molecule has 0 aliphatic carbocycles. The molecule has 0 unspecified atom stereocenters. The maximum absolute atomic E-state index is 13.1. The standard InChI is InChI=1S/C25H30ClFN2O6/c1-25(2,3)35-24(31)28-20-13-19(26)21(32-4)14-22(20)33-15-23(30)29-11-9-18(10-12-29)34-17-7-5-16(27)6-8-17/h5-8,13-14,18H,9-12,15H2,1-4H3,(H,28,31). The second-order valence-electron chi connectivity index (χ2n) is 9.05. The molecule has 0 atom stereocenters. The van der Waals surface area contributed by atoms with Crippen molar-refractivity contribution >= 4 is 29.3 Å². The van der Waals surface area contributed by atoms with Crippen LogP contribution in [0.3, 0.4) is 0 Å². The lowest BCUT2D eigenvalue weighted by Crippen LogP contribution is -2.43. The molecule has 3 rings (SSSR count). The number of nitrogens with one attached hydrogen (secondary N) is 1. The summed E-state index contributed by atoms with van der Waals surface area (Å²) in [5.74, 6) is 0.631. The van der Waals surface area contributed by atoms with Gasteiger partial charge >= 0.3 is 6.09 Å². The zero-order chi connectivity index (χ0) is 25.6. The summed E-state index contributed by atoms with van der Waals surface area (Å²) in [6, 6.07) is 8.85. The van der Waals surface area contributed by atoms with Crippen LogP contribution in [-0.2, 0) is 9.53 Å². The van der Waals surface area contributed by atoms with Crippen LogP contribution in [0, 0.1) is 5.82 Å². The van der Waals surface area contributed by atoms with Crippen molar-refractivity contribution < 1.29 is 32.9 Å². The van der Waals surface area contributed by atoms with E-state index in [-0.39, 0.29) is 40.9 Å². The van der Waals surface area contributed by atoms with Gasteiger partial charge in [-0.15, -0.1) is 0 Å². The predicted octanol–water partition coefficient (Wildman–Crippen LogP) is 5.28. The van der Waals surface area contributed by atoms with Crippen molar-refractivity contribution in [3.05, 3.63) is 47.2 Å². The average molecular weight is 509 g/mol. The van der Waals surface area contributed by atoms with Crippen molar-refractivity contribution in [3.63, 3.8) is 0 Å². The highest BCUT2D eigenvalue weighted by Gasteiger charge is 2.25. The average Bonchev–Trinajstić information content (AvgIpc) is 2.79. The van der Waals surface area contributed by atoms with Crippen LogP contribution in [0.25, 0.3) is 0 Å². The van der Waals surface area contributed by atoms with Crippen LogP contribution in [0.5, 0.6) is 17.2 Å². The minimum Gasteiger partial charge on any atom is -0.495 e. The van der Waals surface area contributed by atoms with E-state index in [9.17, 15) is 14.0 Å². The quantitative estimate of drug-likeness (QED) is 0.547. The van der Waals surface area contributed by atoms with Gasteiger partial charge in [0.15, 0.2) is 6.61 Å². The number of hydrogen-bond acceptors (Lipinski definition) is 6. The molecule has 0 spiro atoms. The molecular formula is C25H30ClFN2O6. The molecule has 190 valence electrons. The van der Waals surface area contributed by atoms with E-state index in [2.05, 4.69) is 5.32 Å². The van der Waals surface area contributed by atoms with Crippen LogP contribution in [0.4, 0.5) is 14.9 Å². The molecule has 1 saturated heterocycles. The highest BCUT2D eigenvalue weighted by atomic mass is 35.5. The summed E-state index contributed by atoms with van der Waals surface area (Å²) in [4.78, 5) is 26.7. The van der Waals surface area contributed by atoms with Crippen molar-refractivity contribution in [2.24, 2.45) is 0 Å². The highest BCUT2D eigenvalue weighted by molar-refractivity contribution is 6.32. The van der Waals surface area contributed by atoms with Gasteiger partial charge in [0.05, 0.1) is 17.8 Å². The normalized spacial score (nSPS) is 14.3. The molecule has 2 aromatic rings. The number of piperidine rings is 1. The SMILES string of the molecule is COc1cc(OCC(=O)N2CCC(Oc3ccc(F)cc3)CC2)c(NC(=O)OC(C)(C)C)cc1Cl. The summed E-state index contributed by atoms with van der Waals surface area (Å²) >= 11 is 6.20. The number of ether oxygens (including phenoxy) is 4. The Morgan fingerprint density at radius 1 is 1.11 bits per heavy atom. The van der Waals surface area contributed by atoms with Gasteiger partial charge in [0, 0.05) is 32.0 Å². The van der Waals surface area contributed by atoms with Gasteiger partial charge in [-0.2, -0.15) is 0 Å². The smallest absolute Gasteiger partial charge is 0.412 e. The molecule has 10 heteroatoms. The molecule has 1 fully saturated rings. The van der Waals surface area contributed by atoms with Crippen LogP contribution < -0.4 is 19.5 Å². The number of carbonyl (C=O) groups excluding carboxylic acids is 2. The van der Waals surface area contributed by atoms with Crippen molar-refractivity contribution in [1.29, 1.82) is 0 Å². The number of halogens is 2. The van der Waals surface area contributed by atoms with Crippen molar-refractivity contribution in [1.82, 2.24) is 4.90 Å². The molecular weight excluding hydrogens is 479 g/mol.